The van der Waals surface area contributed by atoms with Gasteiger partial charge < -0.3 is 20.7 Å². The number of carbonyl (C=O) groups is 2. The minimum Gasteiger partial charge on any atom is -0.383 e. The van der Waals surface area contributed by atoms with Crippen molar-refractivity contribution in [3.63, 3.8) is 0 Å². The molecule has 1 rings (SSSR count). The van der Waals surface area contributed by atoms with Gasteiger partial charge >= 0.3 is 0 Å². The molecule has 0 aromatic carbocycles. The van der Waals surface area contributed by atoms with E-state index in [-0.39, 0.29) is 43.4 Å². The lowest BCUT2D eigenvalue weighted by molar-refractivity contribution is -0.126. The standard InChI is InChI=1S/C13H25N3O3.ClH/c1-19-8-7-14-9-12(17)15-10-13(18)16-11-5-3-2-4-6-11;/h11,14H,2-10H2,1H3,(H,15,17)(H,16,18);1H. The fourth-order valence-electron chi connectivity index (χ4n) is 2.14. The average molecular weight is 308 g/mol. The van der Waals surface area contributed by atoms with Crippen molar-refractivity contribution in [1.82, 2.24) is 16.0 Å². The normalized spacial score (nSPS) is 15.2. The third-order valence-electron chi connectivity index (χ3n) is 3.18. The summed E-state index contributed by atoms with van der Waals surface area (Å²) in [6, 6.07) is 0.290. The van der Waals surface area contributed by atoms with Gasteiger partial charge in [-0.1, -0.05) is 19.3 Å². The zero-order chi connectivity index (χ0) is 13.9. The van der Waals surface area contributed by atoms with E-state index in [2.05, 4.69) is 16.0 Å². The predicted octanol–water partition coefficient (Wildman–Crippen LogP) is 0.209. The maximum Gasteiger partial charge on any atom is 0.239 e. The quantitative estimate of drug-likeness (QED) is 0.560. The van der Waals surface area contributed by atoms with E-state index in [1.165, 1.54) is 19.3 Å². The molecule has 1 aliphatic carbocycles. The van der Waals surface area contributed by atoms with Crippen LogP contribution >= 0.6 is 12.4 Å². The van der Waals surface area contributed by atoms with Gasteiger partial charge in [0.05, 0.1) is 19.7 Å². The van der Waals surface area contributed by atoms with Crippen LogP contribution in [0.1, 0.15) is 32.1 Å². The molecule has 2 amide bonds. The number of halogens is 1. The number of ether oxygens (including phenoxy) is 1. The van der Waals surface area contributed by atoms with Gasteiger partial charge in [0.15, 0.2) is 0 Å². The van der Waals surface area contributed by atoms with Crippen LogP contribution in [0.2, 0.25) is 0 Å². The maximum atomic E-state index is 11.6. The van der Waals surface area contributed by atoms with Crippen LogP contribution in [0.4, 0.5) is 0 Å². The topological polar surface area (TPSA) is 79.5 Å². The summed E-state index contributed by atoms with van der Waals surface area (Å²) in [5.41, 5.74) is 0. The van der Waals surface area contributed by atoms with Crippen LogP contribution in [-0.2, 0) is 14.3 Å². The summed E-state index contributed by atoms with van der Waals surface area (Å²) in [6.45, 7) is 1.45. The van der Waals surface area contributed by atoms with Crippen LogP contribution in [0, 0.1) is 0 Å². The highest BCUT2D eigenvalue weighted by Crippen LogP contribution is 2.16. The lowest BCUT2D eigenvalue weighted by Gasteiger charge is -2.22. The monoisotopic (exact) mass is 307 g/mol. The summed E-state index contributed by atoms with van der Waals surface area (Å²) in [5.74, 6) is -0.271. The molecule has 0 radical (unpaired) electrons. The summed E-state index contributed by atoms with van der Waals surface area (Å²) in [4.78, 5) is 23.0. The van der Waals surface area contributed by atoms with E-state index in [0.717, 1.165) is 12.8 Å². The molecule has 1 aliphatic rings. The van der Waals surface area contributed by atoms with Crippen molar-refractivity contribution in [2.75, 3.05) is 33.4 Å². The van der Waals surface area contributed by atoms with Gasteiger partial charge in [0.2, 0.25) is 11.8 Å². The highest BCUT2D eigenvalue weighted by Gasteiger charge is 2.15. The van der Waals surface area contributed by atoms with Gasteiger partial charge in [0.1, 0.15) is 0 Å². The lowest BCUT2D eigenvalue weighted by atomic mass is 9.95. The van der Waals surface area contributed by atoms with Crippen molar-refractivity contribution in [2.24, 2.45) is 0 Å². The summed E-state index contributed by atoms with van der Waals surface area (Å²) >= 11 is 0. The van der Waals surface area contributed by atoms with Gasteiger partial charge in [-0.15, -0.1) is 12.4 Å². The van der Waals surface area contributed by atoms with E-state index in [4.69, 9.17) is 4.74 Å². The Hall–Kier alpha value is -0.850. The second kappa shape index (κ2) is 11.9. The van der Waals surface area contributed by atoms with Crippen LogP contribution in [0.3, 0.4) is 0 Å². The number of nitrogens with one attached hydrogen (secondary N) is 3. The summed E-state index contributed by atoms with van der Waals surface area (Å²) in [7, 11) is 1.61. The molecule has 3 N–H and O–H groups in total. The largest absolute Gasteiger partial charge is 0.383 e. The van der Waals surface area contributed by atoms with Crippen LogP contribution in [0.25, 0.3) is 0 Å². The van der Waals surface area contributed by atoms with E-state index in [1.54, 1.807) is 7.11 Å². The molecule has 7 heteroatoms. The Kier molecular flexibility index (Phi) is 11.4. The van der Waals surface area contributed by atoms with Crippen LogP contribution in [0.5, 0.6) is 0 Å². The summed E-state index contributed by atoms with van der Waals surface area (Å²) in [6.07, 6.45) is 5.73. The van der Waals surface area contributed by atoms with Crippen molar-refractivity contribution in [3.8, 4) is 0 Å². The molecule has 0 bridgehead atoms. The van der Waals surface area contributed by atoms with Gasteiger partial charge in [0.25, 0.3) is 0 Å². The van der Waals surface area contributed by atoms with Crippen LogP contribution < -0.4 is 16.0 Å². The Balaban J connectivity index is 0.00000361. The summed E-state index contributed by atoms with van der Waals surface area (Å²) in [5, 5.41) is 8.47. The third kappa shape index (κ3) is 9.12. The predicted molar refractivity (Wildman–Crippen MR) is 80.0 cm³/mol. The molecule has 0 saturated heterocycles. The lowest BCUT2D eigenvalue weighted by Crippen LogP contribution is -2.44. The molecule has 6 nitrogen and oxygen atoms in total. The molecule has 0 aliphatic heterocycles. The zero-order valence-electron chi connectivity index (χ0n) is 12.1. The Morgan fingerprint density at radius 1 is 1.10 bits per heavy atom. The van der Waals surface area contributed by atoms with Crippen molar-refractivity contribution in [2.45, 2.75) is 38.1 Å². The maximum absolute atomic E-state index is 11.6. The smallest absolute Gasteiger partial charge is 0.239 e. The van der Waals surface area contributed by atoms with Gasteiger partial charge in [-0.2, -0.15) is 0 Å². The molecule has 0 spiro atoms. The van der Waals surface area contributed by atoms with Crippen LogP contribution in [-0.4, -0.2) is 51.2 Å². The van der Waals surface area contributed by atoms with E-state index in [0.29, 0.717) is 13.2 Å². The van der Waals surface area contributed by atoms with Gasteiger partial charge in [0, 0.05) is 19.7 Å². The molecule has 0 aromatic rings. The van der Waals surface area contributed by atoms with Crippen molar-refractivity contribution >= 4 is 24.2 Å². The Bertz CT molecular complexity index is 284. The number of carbonyl (C=O) groups excluding carboxylic acids is 2. The highest BCUT2D eigenvalue weighted by atomic mass is 35.5. The molecule has 0 heterocycles. The minimum atomic E-state index is -0.171. The first-order chi connectivity index (χ1) is 9.22. The number of hydrogen-bond acceptors (Lipinski definition) is 4. The second-order valence-electron chi connectivity index (χ2n) is 4.85. The van der Waals surface area contributed by atoms with E-state index < -0.39 is 0 Å². The van der Waals surface area contributed by atoms with E-state index in [9.17, 15) is 9.59 Å². The molecular formula is C13H26ClN3O3. The van der Waals surface area contributed by atoms with Crippen LogP contribution in [0.15, 0.2) is 0 Å². The van der Waals surface area contributed by atoms with E-state index >= 15 is 0 Å². The first-order valence-corrected chi connectivity index (χ1v) is 6.98. The molecule has 1 fully saturated rings. The number of rotatable bonds is 8. The van der Waals surface area contributed by atoms with Crippen molar-refractivity contribution < 1.29 is 14.3 Å². The van der Waals surface area contributed by atoms with Gasteiger partial charge in [-0.25, -0.2) is 0 Å². The summed E-state index contributed by atoms with van der Waals surface area (Å²) < 4.78 is 4.85. The van der Waals surface area contributed by atoms with E-state index in [1.807, 2.05) is 0 Å². The minimum absolute atomic E-state index is 0. The molecule has 0 atom stereocenters. The van der Waals surface area contributed by atoms with Crippen molar-refractivity contribution in [3.05, 3.63) is 0 Å². The molecule has 20 heavy (non-hydrogen) atoms. The van der Waals surface area contributed by atoms with Gasteiger partial charge in [-0.3, -0.25) is 9.59 Å². The number of hydrogen-bond donors (Lipinski definition) is 3. The first kappa shape index (κ1) is 19.1. The molecule has 118 valence electrons. The fourth-order valence-corrected chi connectivity index (χ4v) is 2.14. The fraction of sp³-hybridized carbons (Fsp3) is 0.846. The number of methoxy groups -OCH3 is 1. The molecule has 0 unspecified atom stereocenters. The molecular weight excluding hydrogens is 282 g/mol. The third-order valence-corrected chi connectivity index (χ3v) is 3.18. The van der Waals surface area contributed by atoms with Gasteiger partial charge in [-0.05, 0) is 12.8 Å². The first-order valence-electron chi connectivity index (χ1n) is 6.98. The number of amides is 2. The average Bonchev–Trinajstić information content (AvgIpc) is 2.42. The Morgan fingerprint density at radius 2 is 1.80 bits per heavy atom. The second-order valence-corrected chi connectivity index (χ2v) is 4.85. The molecule has 1 saturated carbocycles. The molecule has 0 aromatic heterocycles. The zero-order valence-corrected chi connectivity index (χ0v) is 12.9. The SMILES string of the molecule is COCCNCC(=O)NCC(=O)NC1CCCCC1.Cl. The van der Waals surface area contributed by atoms with Crippen molar-refractivity contribution in [1.29, 1.82) is 0 Å². The Labute approximate surface area is 126 Å². The highest BCUT2D eigenvalue weighted by molar-refractivity contribution is 5.85. The Morgan fingerprint density at radius 3 is 2.45 bits per heavy atom.